The largest absolute Gasteiger partial charge is 0.480 e. The molecular weight excluding hydrogens is 248 g/mol. The van der Waals surface area contributed by atoms with Crippen molar-refractivity contribution in [1.29, 1.82) is 0 Å². The summed E-state index contributed by atoms with van der Waals surface area (Å²) >= 11 is 0. The van der Waals surface area contributed by atoms with Crippen molar-refractivity contribution >= 4 is 12.0 Å². The number of aliphatic carboxylic acids is 1. The third-order valence-corrected chi connectivity index (χ3v) is 3.59. The van der Waals surface area contributed by atoms with Crippen LogP contribution in [0.15, 0.2) is 0 Å². The molecule has 19 heavy (non-hydrogen) atoms. The first-order valence-electron chi connectivity index (χ1n) is 6.68. The van der Waals surface area contributed by atoms with E-state index in [-0.39, 0.29) is 25.0 Å². The summed E-state index contributed by atoms with van der Waals surface area (Å²) in [6.45, 7) is 6.19. The number of nitrogens with zero attached hydrogens (tertiary/aromatic N) is 2. The summed E-state index contributed by atoms with van der Waals surface area (Å²) in [6, 6.07) is -1.20. The molecule has 0 saturated carbocycles. The number of urea groups is 1. The quantitative estimate of drug-likeness (QED) is 0.799. The van der Waals surface area contributed by atoms with Gasteiger partial charge in [-0.25, -0.2) is 9.59 Å². The SMILES string of the molecule is CC(C)CC(C)N(C)C(=O)N1C[C@H](O)C[C@H]1C(=O)O. The maximum Gasteiger partial charge on any atom is 0.326 e. The highest BCUT2D eigenvalue weighted by molar-refractivity contribution is 5.83. The van der Waals surface area contributed by atoms with E-state index in [9.17, 15) is 14.7 Å². The Morgan fingerprint density at radius 3 is 2.42 bits per heavy atom. The van der Waals surface area contributed by atoms with E-state index in [1.165, 1.54) is 4.90 Å². The Bertz CT molecular complexity index is 346. The number of likely N-dealkylation sites (tertiary alicyclic amines) is 1. The van der Waals surface area contributed by atoms with Crippen molar-refractivity contribution in [3.63, 3.8) is 0 Å². The van der Waals surface area contributed by atoms with Gasteiger partial charge in [0.1, 0.15) is 6.04 Å². The Morgan fingerprint density at radius 1 is 1.37 bits per heavy atom. The smallest absolute Gasteiger partial charge is 0.326 e. The summed E-state index contributed by atoms with van der Waals surface area (Å²) in [7, 11) is 1.68. The van der Waals surface area contributed by atoms with Crippen LogP contribution >= 0.6 is 0 Å². The van der Waals surface area contributed by atoms with Crippen LogP contribution in [0.25, 0.3) is 0 Å². The van der Waals surface area contributed by atoms with Crippen molar-refractivity contribution in [3.05, 3.63) is 0 Å². The van der Waals surface area contributed by atoms with Crippen molar-refractivity contribution in [2.24, 2.45) is 5.92 Å². The first-order valence-corrected chi connectivity index (χ1v) is 6.68. The summed E-state index contributed by atoms with van der Waals surface area (Å²) in [4.78, 5) is 26.2. The second kappa shape index (κ2) is 6.23. The molecule has 6 nitrogen and oxygen atoms in total. The van der Waals surface area contributed by atoms with Crippen LogP contribution in [0.3, 0.4) is 0 Å². The van der Waals surface area contributed by atoms with E-state index in [2.05, 4.69) is 13.8 Å². The highest BCUT2D eigenvalue weighted by atomic mass is 16.4. The molecule has 1 heterocycles. The van der Waals surface area contributed by atoms with Gasteiger partial charge in [-0.05, 0) is 19.3 Å². The third kappa shape index (κ3) is 3.83. The van der Waals surface area contributed by atoms with E-state index >= 15 is 0 Å². The molecule has 3 atom stereocenters. The molecule has 0 radical (unpaired) electrons. The number of aliphatic hydroxyl groups excluding tert-OH is 1. The van der Waals surface area contributed by atoms with Crippen molar-refractivity contribution in [2.75, 3.05) is 13.6 Å². The maximum absolute atomic E-state index is 12.3. The van der Waals surface area contributed by atoms with E-state index < -0.39 is 18.1 Å². The minimum absolute atomic E-state index is 0.0414. The van der Waals surface area contributed by atoms with Crippen LogP contribution in [0.2, 0.25) is 0 Å². The highest BCUT2D eigenvalue weighted by Crippen LogP contribution is 2.21. The van der Waals surface area contributed by atoms with Crippen LogP contribution in [0, 0.1) is 5.92 Å². The molecule has 0 bridgehead atoms. The number of hydrogen-bond donors (Lipinski definition) is 2. The minimum Gasteiger partial charge on any atom is -0.480 e. The Kier molecular flexibility index (Phi) is 5.17. The molecule has 0 aliphatic carbocycles. The second-order valence-corrected chi connectivity index (χ2v) is 5.77. The number of carboxylic acids is 1. The molecule has 1 aliphatic heterocycles. The number of amides is 2. The first kappa shape index (κ1) is 15.8. The van der Waals surface area contributed by atoms with Crippen LogP contribution < -0.4 is 0 Å². The molecule has 6 heteroatoms. The Labute approximate surface area is 114 Å². The van der Waals surface area contributed by atoms with Gasteiger partial charge < -0.3 is 20.0 Å². The standard InChI is InChI=1S/C13H24N2O4/c1-8(2)5-9(3)14(4)13(19)15-7-10(16)6-11(15)12(17)18/h8-11,16H,5-7H2,1-4H3,(H,17,18)/t9?,10-,11+/m1/s1. The van der Waals surface area contributed by atoms with E-state index in [0.29, 0.717) is 5.92 Å². The third-order valence-electron chi connectivity index (χ3n) is 3.59. The number of carbonyl (C=O) groups excluding carboxylic acids is 1. The summed E-state index contributed by atoms with van der Waals surface area (Å²) in [5.74, 6) is -0.598. The first-order chi connectivity index (χ1) is 8.73. The fourth-order valence-electron chi connectivity index (χ4n) is 2.49. The van der Waals surface area contributed by atoms with Gasteiger partial charge in [0.2, 0.25) is 0 Å². The zero-order valence-corrected chi connectivity index (χ0v) is 12.0. The molecule has 0 aromatic rings. The minimum atomic E-state index is -1.06. The van der Waals surface area contributed by atoms with Gasteiger partial charge in [-0.3, -0.25) is 0 Å². The van der Waals surface area contributed by atoms with Crippen LogP contribution in [0.5, 0.6) is 0 Å². The van der Waals surface area contributed by atoms with Crippen molar-refractivity contribution in [1.82, 2.24) is 9.80 Å². The molecule has 2 N–H and O–H groups in total. The molecule has 110 valence electrons. The molecule has 0 aromatic carbocycles. The number of rotatable bonds is 4. The fourth-order valence-corrected chi connectivity index (χ4v) is 2.49. The monoisotopic (exact) mass is 272 g/mol. The van der Waals surface area contributed by atoms with Gasteiger partial charge in [0.15, 0.2) is 0 Å². The van der Waals surface area contributed by atoms with E-state index in [1.54, 1.807) is 11.9 Å². The van der Waals surface area contributed by atoms with Gasteiger partial charge in [-0.2, -0.15) is 0 Å². The van der Waals surface area contributed by atoms with Crippen LogP contribution in [0.4, 0.5) is 4.79 Å². The van der Waals surface area contributed by atoms with Crippen LogP contribution in [0.1, 0.15) is 33.6 Å². The van der Waals surface area contributed by atoms with E-state index in [0.717, 1.165) is 6.42 Å². The normalized spacial score (nSPS) is 24.6. The predicted molar refractivity (Wildman–Crippen MR) is 70.8 cm³/mol. The lowest BCUT2D eigenvalue weighted by Gasteiger charge is -2.32. The topological polar surface area (TPSA) is 81.1 Å². The summed E-state index contributed by atoms with van der Waals surface area (Å²) < 4.78 is 0. The average Bonchev–Trinajstić information content (AvgIpc) is 2.68. The Hall–Kier alpha value is -1.30. The van der Waals surface area contributed by atoms with Crippen molar-refractivity contribution < 1.29 is 19.8 Å². The number of carboxylic acid groups (broad SMARTS) is 1. The zero-order valence-electron chi connectivity index (χ0n) is 12.0. The lowest BCUT2D eigenvalue weighted by Crippen LogP contribution is -2.49. The van der Waals surface area contributed by atoms with E-state index in [1.807, 2.05) is 6.92 Å². The van der Waals surface area contributed by atoms with Gasteiger partial charge in [-0.15, -0.1) is 0 Å². The molecular formula is C13H24N2O4. The summed E-state index contributed by atoms with van der Waals surface area (Å²) in [5.41, 5.74) is 0. The van der Waals surface area contributed by atoms with Gasteiger partial charge >= 0.3 is 12.0 Å². The number of carbonyl (C=O) groups is 2. The van der Waals surface area contributed by atoms with Gasteiger partial charge in [-0.1, -0.05) is 13.8 Å². The van der Waals surface area contributed by atoms with Crippen LogP contribution in [-0.4, -0.2) is 63.8 Å². The fraction of sp³-hybridized carbons (Fsp3) is 0.846. The number of aliphatic hydroxyl groups is 1. The highest BCUT2D eigenvalue weighted by Gasteiger charge is 2.40. The van der Waals surface area contributed by atoms with E-state index in [4.69, 9.17) is 5.11 Å². The lowest BCUT2D eigenvalue weighted by molar-refractivity contribution is -0.141. The molecule has 1 unspecified atom stereocenters. The molecule has 1 aliphatic rings. The Balaban J connectivity index is 2.72. The summed E-state index contributed by atoms with van der Waals surface area (Å²) in [5, 5.41) is 18.7. The second-order valence-electron chi connectivity index (χ2n) is 5.77. The molecule has 0 aromatic heterocycles. The lowest BCUT2D eigenvalue weighted by atomic mass is 10.0. The predicted octanol–water partition coefficient (Wildman–Crippen LogP) is 0.993. The van der Waals surface area contributed by atoms with Crippen LogP contribution in [-0.2, 0) is 4.79 Å². The van der Waals surface area contributed by atoms with Crippen molar-refractivity contribution in [3.8, 4) is 0 Å². The summed E-state index contributed by atoms with van der Waals surface area (Å²) in [6.07, 6.45) is 0.211. The average molecular weight is 272 g/mol. The molecule has 2 amide bonds. The number of β-amino-alcohol motifs (C(OH)–C–C–N with tert-alkyl or cyclic N) is 1. The molecule has 1 fully saturated rings. The van der Waals surface area contributed by atoms with Gasteiger partial charge in [0.05, 0.1) is 6.10 Å². The number of hydrogen-bond acceptors (Lipinski definition) is 3. The zero-order chi connectivity index (χ0) is 14.7. The maximum atomic E-state index is 12.3. The molecule has 0 spiro atoms. The van der Waals surface area contributed by atoms with Gasteiger partial charge in [0.25, 0.3) is 0 Å². The molecule has 1 rings (SSSR count). The van der Waals surface area contributed by atoms with Crippen molar-refractivity contribution in [2.45, 2.75) is 51.8 Å². The Morgan fingerprint density at radius 2 is 1.95 bits per heavy atom. The van der Waals surface area contributed by atoms with Gasteiger partial charge in [0, 0.05) is 26.1 Å². The molecule has 1 saturated heterocycles.